The van der Waals surface area contributed by atoms with Gasteiger partial charge in [0.05, 0.1) is 18.1 Å². The second-order valence-corrected chi connectivity index (χ2v) is 7.98. The first-order valence-electron chi connectivity index (χ1n) is 10.2. The molecule has 158 valence electrons. The monoisotopic (exact) mass is 432 g/mol. The van der Waals surface area contributed by atoms with Gasteiger partial charge in [-0.05, 0) is 36.6 Å². The molecule has 31 heavy (non-hydrogen) atoms. The highest BCUT2D eigenvalue weighted by Gasteiger charge is 2.19. The third kappa shape index (κ3) is 5.24. The Bertz CT molecular complexity index is 1100. The summed E-state index contributed by atoms with van der Waals surface area (Å²) in [7, 11) is 0. The number of hydrogen-bond acceptors (Lipinski definition) is 5. The van der Waals surface area contributed by atoms with E-state index in [9.17, 15) is 4.79 Å². The average Bonchev–Trinajstić information content (AvgIpc) is 3.48. The molecule has 6 nitrogen and oxygen atoms in total. The van der Waals surface area contributed by atoms with E-state index in [4.69, 9.17) is 4.42 Å². The minimum atomic E-state index is -0.0978. The van der Waals surface area contributed by atoms with Crippen molar-refractivity contribution in [3.05, 3.63) is 90.2 Å². The zero-order chi connectivity index (χ0) is 21.5. The molecule has 1 N–H and O–H groups in total. The van der Waals surface area contributed by atoms with Gasteiger partial charge in [-0.1, -0.05) is 72.4 Å². The lowest BCUT2D eigenvalue weighted by Crippen LogP contribution is -2.31. The molecule has 1 amide bonds. The van der Waals surface area contributed by atoms with Gasteiger partial charge in [-0.15, -0.1) is 10.2 Å². The van der Waals surface area contributed by atoms with Crippen LogP contribution in [0.3, 0.4) is 0 Å². The van der Waals surface area contributed by atoms with E-state index in [1.54, 1.807) is 6.26 Å². The summed E-state index contributed by atoms with van der Waals surface area (Å²) < 4.78 is 7.40. The lowest BCUT2D eigenvalue weighted by molar-refractivity contribution is -0.119. The highest BCUT2D eigenvalue weighted by Crippen LogP contribution is 2.25. The van der Waals surface area contributed by atoms with E-state index in [0.717, 1.165) is 12.0 Å². The second-order valence-electron chi connectivity index (χ2n) is 7.04. The van der Waals surface area contributed by atoms with Crippen molar-refractivity contribution in [2.45, 2.75) is 31.1 Å². The number of rotatable bonds is 9. The SMILES string of the molecule is CCn1c(SCC(=O)NC(Cc2ccccc2)c2ccccc2)nnc1-c1ccco1. The van der Waals surface area contributed by atoms with Crippen molar-refractivity contribution < 1.29 is 9.21 Å². The minimum absolute atomic E-state index is 0.0417. The Morgan fingerprint density at radius 1 is 1.03 bits per heavy atom. The van der Waals surface area contributed by atoms with Crippen LogP contribution in [-0.4, -0.2) is 26.4 Å². The summed E-state index contributed by atoms with van der Waals surface area (Å²) >= 11 is 1.38. The third-order valence-electron chi connectivity index (χ3n) is 4.93. The van der Waals surface area contributed by atoms with Crippen molar-refractivity contribution in [2.75, 3.05) is 5.75 Å². The highest BCUT2D eigenvalue weighted by molar-refractivity contribution is 7.99. The molecule has 2 heterocycles. The van der Waals surface area contributed by atoms with E-state index in [0.29, 0.717) is 23.3 Å². The van der Waals surface area contributed by atoms with E-state index in [-0.39, 0.29) is 17.7 Å². The fraction of sp³-hybridized carbons (Fsp3) is 0.208. The first-order chi connectivity index (χ1) is 15.2. The molecule has 0 aliphatic carbocycles. The van der Waals surface area contributed by atoms with Gasteiger partial charge < -0.3 is 9.73 Å². The number of benzene rings is 2. The van der Waals surface area contributed by atoms with Gasteiger partial charge in [-0.3, -0.25) is 9.36 Å². The van der Waals surface area contributed by atoms with Crippen LogP contribution in [0.2, 0.25) is 0 Å². The van der Waals surface area contributed by atoms with E-state index in [1.807, 2.05) is 72.2 Å². The maximum absolute atomic E-state index is 12.8. The Morgan fingerprint density at radius 3 is 2.45 bits per heavy atom. The Labute approximate surface area is 185 Å². The molecule has 4 rings (SSSR count). The van der Waals surface area contributed by atoms with Crippen molar-refractivity contribution in [2.24, 2.45) is 0 Å². The summed E-state index contributed by atoms with van der Waals surface area (Å²) in [6.07, 6.45) is 2.34. The fourth-order valence-electron chi connectivity index (χ4n) is 3.42. The van der Waals surface area contributed by atoms with Gasteiger partial charge in [-0.25, -0.2) is 0 Å². The molecule has 0 aliphatic rings. The van der Waals surface area contributed by atoms with Crippen molar-refractivity contribution in [3.63, 3.8) is 0 Å². The van der Waals surface area contributed by atoms with E-state index in [1.165, 1.54) is 17.3 Å². The molecule has 1 unspecified atom stereocenters. The predicted molar refractivity (Wildman–Crippen MR) is 122 cm³/mol. The van der Waals surface area contributed by atoms with Gasteiger partial charge >= 0.3 is 0 Å². The number of carbonyl (C=O) groups excluding carboxylic acids is 1. The van der Waals surface area contributed by atoms with E-state index in [2.05, 4.69) is 27.6 Å². The van der Waals surface area contributed by atoms with Crippen LogP contribution in [-0.2, 0) is 17.8 Å². The first-order valence-corrected chi connectivity index (χ1v) is 11.2. The molecule has 0 fully saturated rings. The number of aromatic nitrogens is 3. The van der Waals surface area contributed by atoms with Crippen molar-refractivity contribution in [1.82, 2.24) is 20.1 Å². The van der Waals surface area contributed by atoms with Crippen LogP contribution >= 0.6 is 11.8 Å². The van der Waals surface area contributed by atoms with Crippen LogP contribution in [0.4, 0.5) is 0 Å². The van der Waals surface area contributed by atoms with Crippen molar-refractivity contribution >= 4 is 17.7 Å². The molecule has 7 heteroatoms. The zero-order valence-electron chi connectivity index (χ0n) is 17.3. The third-order valence-corrected chi connectivity index (χ3v) is 5.89. The molecule has 0 radical (unpaired) electrons. The molecule has 0 spiro atoms. The van der Waals surface area contributed by atoms with Gasteiger partial charge in [0, 0.05) is 6.54 Å². The Hall–Kier alpha value is -3.32. The Balaban J connectivity index is 1.44. The smallest absolute Gasteiger partial charge is 0.230 e. The number of hydrogen-bond donors (Lipinski definition) is 1. The minimum Gasteiger partial charge on any atom is -0.461 e. The number of thioether (sulfide) groups is 1. The molecule has 0 bridgehead atoms. The number of furan rings is 1. The Morgan fingerprint density at radius 2 is 1.77 bits per heavy atom. The molecule has 2 aromatic carbocycles. The van der Waals surface area contributed by atoms with Crippen LogP contribution in [0.1, 0.15) is 24.1 Å². The van der Waals surface area contributed by atoms with Gasteiger partial charge in [0.2, 0.25) is 5.91 Å². The predicted octanol–water partition coefficient (Wildman–Crippen LogP) is 4.75. The summed E-state index contributed by atoms with van der Waals surface area (Å²) in [6, 6.07) is 23.8. The van der Waals surface area contributed by atoms with E-state index >= 15 is 0 Å². The second kappa shape index (κ2) is 10.1. The summed E-state index contributed by atoms with van der Waals surface area (Å²) in [5.74, 6) is 1.55. The van der Waals surface area contributed by atoms with Crippen molar-refractivity contribution in [1.29, 1.82) is 0 Å². The van der Waals surface area contributed by atoms with E-state index < -0.39 is 0 Å². The summed E-state index contributed by atoms with van der Waals surface area (Å²) in [4.78, 5) is 12.8. The maximum atomic E-state index is 12.8. The molecule has 0 saturated heterocycles. The number of nitrogens with zero attached hydrogens (tertiary/aromatic N) is 3. The fourth-order valence-corrected chi connectivity index (χ4v) is 4.24. The molecular formula is C24H24N4O2S. The lowest BCUT2D eigenvalue weighted by atomic mass is 9.99. The molecule has 2 aromatic heterocycles. The quantitative estimate of drug-likeness (QED) is 0.386. The highest BCUT2D eigenvalue weighted by atomic mass is 32.2. The normalized spacial score (nSPS) is 11.9. The van der Waals surface area contributed by atoms with Crippen LogP contribution in [0, 0.1) is 0 Å². The molecule has 4 aromatic rings. The average molecular weight is 433 g/mol. The Kier molecular flexibility index (Phi) is 6.84. The van der Waals surface area contributed by atoms with Crippen LogP contribution in [0.25, 0.3) is 11.6 Å². The largest absolute Gasteiger partial charge is 0.461 e. The van der Waals surface area contributed by atoms with Gasteiger partial charge in [0.15, 0.2) is 16.7 Å². The number of nitrogens with one attached hydrogen (secondary N) is 1. The number of carbonyl (C=O) groups is 1. The van der Waals surface area contributed by atoms with Gasteiger partial charge in [-0.2, -0.15) is 0 Å². The number of amides is 1. The summed E-state index contributed by atoms with van der Waals surface area (Å²) in [5, 5.41) is 12.4. The molecule has 1 atom stereocenters. The van der Waals surface area contributed by atoms with Crippen molar-refractivity contribution in [3.8, 4) is 11.6 Å². The standard InChI is InChI=1S/C24H24N4O2S/c1-2-28-23(21-14-9-15-30-21)26-27-24(28)31-17-22(29)25-20(19-12-7-4-8-13-19)16-18-10-5-3-6-11-18/h3-15,20H,2,16-17H2,1H3,(H,25,29). The van der Waals surface area contributed by atoms with Gasteiger partial charge in [0.25, 0.3) is 0 Å². The maximum Gasteiger partial charge on any atom is 0.230 e. The van der Waals surface area contributed by atoms with Gasteiger partial charge in [0.1, 0.15) is 0 Å². The van der Waals surface area contributed by atoms with Crippen LogP contribution in [0.5, 0.6) is 0 Å². The lowest BCUT2D eigenvalue weighted by Gasteiger charge is -2.19. The zero-order valence-corrected chi connectivity index (χ0v) is 18.1. The molecule has 0 saturated carbocycles. The molecule has 0 aliphatic heterocycles. The summed E-state index contributed by atoms with van der Waals surface area (Å²) in [5.41, 5.74) is 2.26. The van der Waals surface area contributed by atoms with Crippen LogP contribution in [0.15, 0.2) is 88.6 Å². The topological polar surface area (TPSA) is 73.0 Å². The van der Waals surface area contributed by atoms with Crippen LogP contribution < -0.4 is 5.32 Å². The summed E-state index contributed by atoms with van der Waals surface area (Å²) in [6.45, 7) is 2.71. The first kappa shape index (κ1) is 20.9. The molecular weight excluding hydrogens is 408 g/mol.